The molecule has 0 aromatic heterocycles. The second-order valence-electron chi connectivity index (χ2n) is 3.12. The second-order valence-corrected chi connectivity index (χ2v) is 5.19. The molecule has 1 rings (SSSR count). The zero-order valence-corrected chi connectivity index (χ0v) is 8.86. The summed E-state index contributed by atoms with van der Waals surface area (Å²) in [5.41, 5.74) is 5.82. The number of rotatable bonds is 3. The lowest BCUT2D eigenvalue weighted by Gasteiger charge is -2.08. The van der Waals surface area contributed by atoms with E-state index in [0.717, 1.165) is 5.56 Å². The molecular weight excluding hydrogens is 218 g/mol. The van der Waals surface area contributed by atoms with Crippen LogP contribution in [0.3, 0.4) is 0 Å². The quantitative estimate of drug-likeness (QED) is 0.768. The molecule has 82 valence electrons. The third-order valence-electron chi connectivity index (χ3n) is 1.90. The number of hydrogen-bond acceptors (Lipinski definition) is 4. The fourth-order valence-electron chi connectivity index (χ4n) is 1.07. The van der Waals surface area contributed by atoms with Gasteiger partial charge in [-0.05, 0) is 24.6 Å². The predicted octanol–water partition coefficient (Wildman–Crippen LogP) is 0.138. The van der Waals surface area contributed by atoms with Crippen LogP contribution in [0.1, 0.15) is 5.56 Å². The Labute approximate surface area is 87.4 Å². The average Bonchev–Trinajstić information content (AvgIpc) is 2.16. The van der Waals surface area contributed by atoms with E-state index in [1.165, 1.54) is 18.2 Å². The van der Waals surface area contributed by atoms with Gasteiger partial charge in [-0.2, -0.15) is 0 Å². The minimum atomic E-state index is -3.98. The number of aliphatic carboxylic acids is 1. The first-order valence-electron chi connectivity index (χ1n) is 4.14. The summed E-state index contributed by atoms with van der Waals surface area (Å²) < 4.78 is 23.2. The lowest BCUT2D eigenvalue weighted by Crippen LogP contribution is -2.38. The van der Waals surface area contributed by atoms with Gasteiger partial charge < -0.3 is 10.8 Å². The number of carboxylic acid groups (broad SMARTS) is 1. The monoisotopic (exact) mass is 229 g/mol. The molecule has 0 aliphatic rings. The van der Waals surface area contributed by atoms with Gasteiger partial charge >= 0.3 is 5.97 Å². The summed E-state index contributed by atoms with van der Waals surface area (Å²) in [7, 11) is -3.98. The molecule has 1 aromatic carbocycles. The Balaban J connectivity index is 3.23. The summed E-state index contributed by atoms with van der Waals surface area (Å²) in [5.74, 6) is -1.56. The largest absolute Gasteiger partial charge is 0.479 e. The Morgan fingerprint density at radius 1 is 1.47 bits per heavy atom. The highest BCUT2D eigenvalue weighted by Crippen LogP contribution is 2.15. The lowest BCUT2D eigenvalue weighted by molar-refractivity contribution is -0.136. The number of carbonyl (C=O) groups is 1. The molecule has 1 aromatic rings. The van der Waals surface area contributed by atoms with Gasteiger partial charge in [-0.3, -0.25) is 0 Å². The third-order valence-corrected chi connectivity index (χ3v) is 3.68. The van der Waals surface area contributed by atoms with Gasteiger partial charge in [0.05, 0.1) is 4.90 Å². The van der Waals surface area contributed by atoms with Crippen LogP contribution in [0.15, 0.2) is 29.2 Å². The molecular formula is C9H11NO4S. The molecule has 0 aliphatic heterocycles. The molecule has 3 N–H and O–H groups in total. The molecule has 0 saturated carbocycles. The number of aryl methyl sites for hydroxylation is 1. The van der Waals surface area contributed by atoms with Gasteiger partial charge in [0, 0.05) is 0 Å². The highest BCUT2D eigenvalue weighted by Gasteiger charge is 2.29. The Hall–Kier alpha value is -1.40. The summed E-state index contributed by atoms with van der Waals surface area (Å²) in [5, 5.41) is 6.63. The molecule has 0 fully saturated rings. The van der Waals surface area contributed by atoms with E-state index < -0.39 is 21.2 Å². The molecule has 0 amide bonds. The van der Waals surface area contributed by atoms with E-state index in [1.807, 2.05) is 0 Å². The minimum absolute atomic E-state index is 0.0719. The Bertz CT molecular complexity index is 481. The molecule has 5 nitrogen and oxygen atoms in total. The van der Waals surface area contributed by atoms with Crippen molar-refractivity contribution in [1.29, 1.82) is 0 Å². The molecule has 6 heteroatoms. The summed E-state index contributed by atoms with van der Waals surface area (Å²) in [4.78, 5) is 10.4. The van der Waals surface area contributed by atoms with Crippen LogP contribution in [-0.2, 0) is 14.6 Å². The van der Waals surface area contributed by atoms with Crippen LogP contribution >= 0.6 is 0 Å². The Morgan fingerprint density at radius 3 is 2.53 bits per heavy atom. The highest BCUT2D eigenvalue weighted by atomic mass is 32.2. The smallest absolute Gasteiger partial charge is 0.336 e. The first-order valence-corrected chi connectivity index (χ1v) is 5.69. The summed E-state index contributed by atoms with van der Waals surface area (Å²) >= 11 is 0. The van der Waals surface area contributed by atoms with Crippen molar-refractivity contribution in [3.05, 3.63) is 29.8 Å². The summed E-state index contributed by atoms with van der Waals surface area (Å²) in [6.45, 7) is 1.71. The van der Waals surface area contributed by atoms with Crippen molar-refractivity contribution in [3.8, 4) is 0 Å². The van der Waals surface area contributed by atoms with Gasteiger partial charge in [0.2, 0.25) is 15.2 Å². The van der Waals surface area contributed by atoms with Crippen molar-refractivity contribution in [3.63, 3.8) is 0 Å². The summed E-state index contributed by atoms with van der Waals surface area (Å²) in [6.07, 6.45) is 0. The number of carboxylic acids is 1. The fraction of sp³-hybridized carbons (Fsp3) is 0.222. The number of nitrogens with two attached hydrogens (primary N) is 1. The molecule has 0 bridgehead atoms. The van der Waals surface area contributed by atoms with Crippen molar-refractivity contribution >= 4 is 15.8 Å². The SMILES string of the molecule is Cc1cccc(S(=O)(=O)C(N)C(=O)O)c1. The van der Waals surface area contributed by atoms with E-state index in [9.17, 15) is 13.2 Å². The normalized spacial score (nSPS) is 13.5. The lowest BCUT2D eigenvalue weighted by atomic mass is 10.2. The van der Waals surface area contributed by atoms with Crippen LogP contribution in [-0.4, -0.2) is 24.9 Å². The fourth-order valence-corrected chi connectivity index (χ4v) is 2.25. The molecule has 0 saturated heterocycles. The van der Waals surface area contributed by atoms with Crippen molar-refractivity contribution < 1.29 is 18.3 Å². The summed E-state index contributed by atoms with van der Waals surface area (Å²) in [6, 6.07) is 5.96. The van der Waals surface area contributed by atoms with Gasteiger partial charge in [0.1, 0.15) is 0 Å². The third kappa shape index (κ3) is 2.34. The van der Waals surface area contributed by atoms with Crippen LogP contribution in [0.5, 0.6) is 0 Å². The first kappa shape index (κ1) is 11.7. The van der Waals surface area contributed by atoms with Crippen LogP contribution in [0.4, 0.5) is 0 Å². The maximum absolute atomic E-state index is 11.6. The number of hydrogen-bond donors (Lipinski definition) is 2. The van der Waals surface area contributed by atoms with E-state index in [0.29, 0.717) is 0 Å². The van der Waals surface area contributed by atoms with E-state index >= 15 is 0 Å². The molecule has 0 aliphatic carbocycles. The van der Waals surface area contributed by atoms with E-state index in [-0.39, 0.29) is 4.90 Å². The van der Waals surface area contributed by atoms with E-state index in [4.69, 9.17) is 10.8 Å². The predicted molar refractivity (Wildman–Crippen MR) is 54.0 cm³/mol. The van der Waals surface area contributed by atoms with Crippen LogP contribution in [0.25, 0.3) is 0 Å². The Kier molecular flexibility index (Phi) is 3.11. The van der Waals surface area contributed by atoms with Crippen molar-refractivity contribution in [2.24, 2.45) is 5.73 Å². The maximum Gasteiger partial charge on any atom is 0.336 e. The number of benzene rings is 1. The molecule has 15 heavy (non-hydrogen) atoms. The molecule has 1 unspecified atom stereocenters. The van der Waals surface area contributed by atoms with Crippen LogP contribution in [0, 0.1) is 6.92 Å². The zero-order valence-electron chi connectivity index (χ0n) is 8.04. The van der Waals surface area contributed by atoms with Crippen LogP contribution in [0.2, 0.25) is 0 Å². The molecule has 0 heterocycles. The van der Waals surface area contributed by atoms with Gasteiger partial charge in [0.25, 0.3) is 0 Å². The van der Waals surface area contributed by atoms with E-state index in [2.05, 4.69) is 0 Å². The van der Waals surface area contributed by atoms with E-state index in [1.54, 1.807) is 13.0 Å². The van der Waals surface area contributed by atoms with Crippen molar-refractivity contribution in [2.45, 2.75) is 17.2 Å². The molecule has 0 radical (unpaired) electrons. The second kappa shape index (κ2) is 4.00. The average molecular weight is 229 g/mol. The van der Waals surface area contributed by atoms with Crippen molar-refractivity contribution in [1.82, 2.24) is 0 Å². The van der Waals surface area contributed by atoms with Gasteiger partial charge in [-0.25, -0.2) is 13.2 Å². The standard InChI is InChI=1S/C9H11NO4S/c1-6-3-2-4-7(5-6)15(13,14)8(10)9(11)12/h2-5,8H,10H2,1H3,(H,11,12). The minimum Gasteiger partial charge on any atom is -0.479 e. The van der Waals surface area contributed by atoms with Gasteiger partial charge in [-0.15, -0.1) is 0 Å². The first-order chi connectivity index (χ1) is 6.85. The number of sulfone groups is 1. The molecule has 1 atom stereocenters. The zero-order chi connectivity index (χ0) is 11.6. The van der Waals surface area contributed by atoms with Crippen molar-refractivity contribution in [2.75, 3.05) is 0 Å². The maximum atomic E-state index is 11.6. The molecule has 0 spiro atoms. The highest BCUT2D eigenvalue weighted by molar-refractivity contribution is 7.92. The van der Waals surface area contributed by atoms with Gasteiger partial charge in [0.15, 0.2) is 0 Å². The van der Waals surface area contributed by atoms with Crippen LogP contribution < -0.4 is 5.73 Å². The Morgan fingerprint density at radius 2 is 2.07 bits per heavy atom. The topological polar surface area (TPSA) is 97.5 Å². The van der Waals surface area contributed by atoms with Gasteiger partial charge in [-0.1, -0.05) is 12.1 Å².